The molecule has 30 heavy (non-hydrogen) atoms. The number of hydrogen-bond acceptors (Lipinski definition) is 6. The molecule has 6 rings (SSSR count). The molecule has 2 bridgehead atoms. The summed E-state index contributed by atoms with van der Waals surface area (Å²) in [6.07, 6.45) is 11.8. The van der Waals surface area contributed by atoms with Gasteiger partial charge in [-0.05, 0) is 56.0 Å². The molecule has 0 spiro atoms. The largest absolute Gasteiger partial charge is 0.366 e. The number of benzene rings is 1. The van der Waals surface area contributed by atoms with Gasteiger partial charge in [0.15, 0.2) is 0 Å². The van der Waals surface area contributed by atoms with E-state index in [1.54, 1.807) is 6.20 Å². The van der Waals surface area contributed by atoms with Crippen molar-refractivity contribution in [2.24, 2.45) is 0 Å². The molecule has 2 saturated heterocycles. The van der Waals surface area contributed by atoms with Gasteiger partial charge < -0.3 is 10.6 Å². The van der Waals surface area contributed by atoms with Gasteiger partial charge in [0, 0.05) is 41.5 Å². The average Bonchev–Trinajstić information content (AvgIpc) is 3.46. The SMILES string of the molecule is c1cnn(-c2ccc(-c3ccc(NC4C[C@@H]5CCC[C@@H](C4)N5)nn3)c3cn[nH]c23)c1. The highest BCUT2D eigenvalue weighted by Crippen LogP contribution is 2.31. The lowest BCUT2D eigenvalue weighted by Gasteiger charge is -2.40. The van der Waals surface area contributed by atoms with Gasteiger partial charge in [0.2, 0.25) is 0 Å². The van der Waals surface area contributed by atoms with Crippen LogP contribution < -0.4 is 10.6 Å². The summed E-state index contributed by atoms with van der Waals surface area (Å²) < 4.78 is 1.83. The second-order valence-electron chi connectivity index (χ2n) is 8.35. The van der Waals surface area contributed by atoms with Gasteiger partial charge >= 0.3 is 0 Å². The molecule has 5 heterocycles. The maximum atomic E-state index is 4.52. The first-order chi connectivity index (χ1) is 14.8. The molecule has 3 aromatic heterocycles. The second kappa shape index (κ2) is 7.21. The Morgan fingerprint density at radius 2 is 1.93 bits per heavy atom. The minimum Gasteiger partial charge on any atom is -0.366 e. The van der Waals surface area contributed by atoms with E-state index in [-0.39, 0.29) is 0 Å². The summed E-state index contributed by atoms with van der Waals surface area (Å²) in [5.41, 5.74) is 3.73. The van der Waals surface area contributed by atoms with Crippen molar-refractivity contribution in [1.82, 2.24) is 35.5 Å². The van der Waals surface area contributed by atoms with Crippen LogP contribution in [0, 0.1) is 0 Å². The maximum absolute atomic E-state index is 4.52. The highest BCUT2D eigenvalue weighted by molar-refractivity contribution is 5.97. The quantitative estimate of drug-likeness (QED) is 0.486. The van der Waals surface area contributed by atoms with Gasteiger partial charge in [0.1, 0.15) is 5.82 Å². The minimum atomic E-state index is 0.468. The van der Waals surface area contributed by atoms with Crippen molar-refractivity contribution in [3.05, 3.63) is 48.9 Å². The molecule has 2 aliphatic rings. The number of anilines is 1. The lowest BCUT2D eigenvalue weighted by Crippen LogP contribution is -2.52. The number of hydrogen-bond donors (Lipinski definition) is 3. The number of piperidine rings is 2. The molecule has 0 radical (unpaired) electrons. The zero-order valence-corrected chi connectivity index (χ0v) is 16.6. The maximum Gasteiger partial charge on any atom is 0.148 e. The molecule has 0 saturated carbocycles. The Kier molecular flexibility index (Phi) is 4.23. The number of aromatic amines is 1. The van der Waals surface area contributed by atoms with Gasteiger partial charge in [-0.2, -0.15) is 10.2 Å². The van der Waals surface area contributed by atoms with Gasteiger partial charge in [0.25, 0.3) is 0 Å². The van der Waals surface area contributed by atoms with E-state index in [4.69, 9.17) is 0 Å². The molecule has 0 unspecified atom stereocenters. The molecule has 3 N–H and O–H groups in total. The van der Waals surface area contributed by atoms with Crippen molar-refractivity contribution >= 4 is 16.7 Å². The van der Waals surface area contributed by atoms with Crippen LogP contribution in [0.4, 0.5) is 5.82 Å². The zero-order valence-electron chi connectivity index (χ0n) is 16.6. The number of aromatic nitrogens is 6. The Balaban J connectivity index is 1.25. The smallest absolute Gasteiger partial charge is 0.148 e. The molecule has 2 fully saturated rings. The van der Waals surface area contributed by atoms with Gasteiger partial charge in [0.05, 0.1) is 23.1 Å². The lowest BCUT2D eigenvalue weighted by molar-refractivity contribution is 0.230. The molecule has 8 nitrogen and oxygen atoms in total. The van der Waals surface area contributed by atoms with Crippen LogP contribution in [0.3, 0.4) is 0 Å². The molecule has 4 aromatic rings. The van der Waals surface area contributed by atoms with E-state index in [1.807, 2.05) is 41.3 Å². The van der Waals surface area contributed by atoms with Crippen molar-refractivity contribution < 1.29 is 0 Å². The van der Waals surface area contributed by atoms with E-state index in [2.05, 4.69) is 42.2 Å². The van der Waals surface area contributed by atoms with Crippen molar-refractivity contribution in [2.75, 3.05) is 5.32 Å². The van der Waals surface area contributed by atoms with Crippen LogP contribution in [-0.4, -0.2) is 48.3 Å². The monoisotopic (exact) mass is 400 g/mol. The number of H-pyrrole nitrogens is 1. The number of fused-ring (bicyclic) bond motifs is 3. The minimum absolute atomic E-state index is 0.468. The standard InChI is InChI=1S/C22H24N8/c1-3-14-11-16(12-15(4-1)25-14)26-21-8-6-19(27-28-21)17-5-7-20(30-10-2-9-24-30)22-18(17)13-23-29-22/h2,5-10,13-16,25H,1,3-4,11-12H2,(H,23,29)(H,26,28)/t14-,15-/m0/s1. The van der Waals surface area contributed by atoms with E-state index in [0.717, 1.165) is 46.5 Å². The Hall–Kier alpha value is -3.26. The Labute approximate surface area is 174 Å². The van der Waals surface area contributed by atoms with E-state index >= 15 is 0 Å². The summed E-state index contributed by atoms with van der Waals surface area (Å²) in [5.74, 6) is 0.848. The van der Waals surface area contributed by atoms with Crippen LogP contribution in [0.2, 0.25) is 0 Å². The molecule has 2 aliphatic heterocycles. The highest BCUT2D eigenvalue weighted by atomic mass is 15.3. The van der Waals surface area contributed by atoms with Crippen LogP contribution in [0.5, 0.6) is 0 Å². The third-order valence-electron chi connectivity index (χ3n) is 6.35. The third kappa shape index (κ3) is 3.13. The van der Waals surface area contributed by atoms with Gasteiger partial charge in [-0.1, -0.05) is 6.42 Å². The van der Waals surface area contributed by atoms with Crippen molar-refractivity contribution in [1.29, 1.82) is 0 Å². The third-order valence-corrected chi connectivity index (χ3v) is 6.35. The van der Waals surface area contributed by atoms with Crippen molar-refractivity contribution in [3.63, 3.8) is 0 Å². The predicted molar refractivity (Wildman–Crippen MR) is 115 cm³/mol. The summed E-state index contributed by atoms with van der Waals surface area (Å²) in [7, 11) is 0. The van der Waals surface area contributed by atoms with Crippen LogP contribution in [0.1, 0.15) is 32.1 Å². The zero-order chi connectivity index (χ0) is 19.9. The van der Waals surface area contributed by atoms with Crippen molar-refractivity contribution in [2.45, 2.75) is 50.2 Å². The summed E-state index contributed by atoms with van der Waals surface area (Å²) in [6.45, 7) is 0. The Bertz CT molecular complexity index is 1140. The highest BCUT2D eigenvalue weighted by Gasteiger charge is 2.31. The summed E-state index contributed by atoms with van der Waals surface area (Å²) in [6, 6.07) is 11.8. The predicted octanol–water partition coefficient (Wildman–Crippen LogP) is 3.29. The van der Waals surface area contributed by atoms with Crippen LogP contribution in [0.25, 0.3) is 27.8 Å². The molecule has 0 amide bonds. The second-order valence-corrected chi connectivity index (χ2v) is 8.35. The van der Waals surface area contributed by atoms with Gasteiger partial charge in [-0.25, -0.2) is 4.68 Å². The van der Waals surface area contributed by atoms with Crippen LogP contribution in [-0.2, 0) is 0 Å². The number of nitrogens with zero attached hydrogens (tertiary/aromatic N) is 5. The van der Waals surface area contributed by atoms with Crippen LogP contribution in [0.15, 0.2) is 48.9 Å². The van der Waals surface area contributed by atoms with E-state index in [9.17, 15) is 0 Å². The average molecular weight is 400 g/mol. The molecular weight excluding hydrogens is 376 g/mol. The summed E-state index contributed by atoms with van der Waals surface area (Å²) >= 11 is 0. The first kappa shape index (κ1) is 17.6. The molecule has 1 aromatic carbocycles. The molecular formula is C22H24N8. The molecule has 0 aliphatic carbocycles. The first-order valence-corrected chi connectivity index (χ1v) is 10.7. The number of nitrogens with one attached hydrogen (secondary N) is 3. The topological polar surface area (TPSA) is 96.3 Å². The Morgan fingerprint density at radius 3 is 2.70 bits per heavy atom. The van der Waals surface area contributed by atoms with Crippen molar-refractivity contribution in [3.8, 4) is 16.9 Å². The fourth-order valence-electron chi connectivity index (χ4n) is 4.99. The Morgan fingerprint density at radius 1 is 1.03 bits per heavy atom. The van der Waals surface area contributed by atoms with E-state index < -0.39 is 0 Å². The summed E-state index contributed by atoms with van der Waals surface area (Å²) in [5, 5.41) is 29.0. The van der Waals surface area contributed by atoms with Gasteiger partial charge in [-0.3, -0.25) is 5.10 Å². The lowest BCUT2D eigenvalue weighted by atomic mass is 9.84. The fourth-order valence-corrected chi connectivity index (χ4v) is 4.99. The van der Waals surface area contributed by atoms with Gasteiger partial charge in [-0.15, -0.1) is 10.2 Å². The molecule has 152 valence electrons. The first-order valence-electron chi connectivity index (χ1n) is 10.7. The fraction of sp³-hybridized carbons (Fsp3) is 0.364. The normalized spacial score (nSPS) is 23.5. The van der Waals surface area contributed by atoms with E-state index in [0.29, 0.717) is 18.1 Å². The van der Waals surface area contributed by atoms with E-state index in [1.165, 1.54) is 19.3 Å². The molecule has 8 heteroatoms. The summed E-state index contributed by atoms with van der Waals surface area (Å²) in [4.78, 5) is 0. The van der Waals surface area contributed by atoms with Crippen LogP contribution >= 0.6 is 0 Å². The number of rotatable bonds is 4. The molecule has 2 atom stereocenters.